The Balaban J connectivity index is 0.00000253. The van der Waals surface area contributed by atoms with Crippen molar-refractivity contribution >= 4 is 0 Å². The predicted octanol–water partition coefficient (Wildman–Crippen LogP) is 3.17. The maximum atomic E-state index is 7.57. The van der Waals surface area contributed by atoms with E-state index in [1.165, 1.54) is 16.7 Å². The second-order valence-corrected chi connectivity index (χ2v) is 9.41. The first kappa shape index (κ1) is 35.7. The van der Waals surface area contributed by atoms with Gasteiger partial charge in [0.2, 0.25) is 0 Å². The normalized spacial score (nSPS) is 10.6. The van der Waals surface area contributed by atoms with Crippen molar-refractivity contribution in [2.75, 3.05) is 19.6 Å². The third kappa shape index (κ3) is 8.83. The molecule has 3 heterocycles. The summed E-state index contributed by atoms with van der Waals surface area (Å²) < 4.78 is 13.2. The Labute approximate surface area is 272 Å². The fraction of sp³-hybridized carbons (Fsp3) is 0.444. The Morgan fingerprint density at radius 3 is 1.00 bits per heavy atom. The molecule has 0 aliphatic rings. The van der Waals surface area contributed by atoms with Gasteiger partial charge in [-0.05, 0) is 34.9 Å². The van der Waals surface area contributed by atoms with Crippen LogP contribution < -0.4 is 13.7 Å². The van der Waals surface area contributed by atoms with Crippen molar-refractivity contribution in [3.8, 4) is 0 Å². The summed E-state index contributed by atoms with van der Waals surface area (Å²) in [5.74, 6) is 3.47. The molecule has 9 nitrogen and oxygen atoms in total. The van der Waals surface area contributed by atoms with Crippen LogP contribution in [0.15, 0.2) is 55.4 Å². The van der Waals surface area contributed by atoms with E-state index in [-0.39, 0.29) is 60.3 Å². The summed E-state index contributed by atoms with van der Waals surface area (Å²) in [6.07, 6.45) is 12.5. The zero-order valence-corrected chi connectivity index (χ0v) is 29.9. The molecule has 3 N–H and O–H groups in total. The Morgan fingerprint density at radius 2 is 0.769 bits per heavy atom. The summed E-state index contributed by atoms with van der Waals surface area (Å²) in [4.78, 5) is 0. The molecule has 3 aromatic heterocycles. The van der Waals surface area contributed by atoms with Gasteiger partial charge in [-0.1, -0.05) is 0 Å². The van der Waals surface area contributed by atoms with E-state index in [0.717, 1.165) is 37.1 Å². The minimum absolute atomic E-state index is 0. The van der Waals surface area contributed by atoms with Gasteiger partial charge in [0.25, 0.3) is 17.5 Å². The van der Waals surface area contributed by atoms with Gasteiger partial charge in [-0.3, -0.25) is 0 Å². The van der Waals surface area contributed by atoms with Gasteiger partial charge >= 0.3 is 0 Å². The van der Waals surface area contributed by atoms with E-state index < -0.39 is 0 Å². The van der Waals surface area contributed by atoms with Crippen LogP contribution in [0.4, 0.5) is 0 Å². The molecule has 0 unspecified atom stereocenters. The zero-order chi connectivity index (χ0) is 25.7. The number of nitrogens with zero attached hydrogens (tertiary/aromatic N) is 6. The summed E-state index contributed by atoms with van der Waals surface area (Å²) in [5, 5.41) is 0. The number of hydrogen-bond acceptors (Lipinski definition) is 0. The van der Waals surface area contributed by atoms with E-state index in [1.54, 1.807) is 0 Å². The summed E-state index contributed by atoms with van der Waals surface area (Å²) >= 11 is 0. The van der Waals surface area contributed by atoms with Crippen molar-refractivity contribution < 1.29 is 74.0 Å². The van der Waals surface area contributed by atoms with Gasteiger partial charge in [-0.15, -0.1) is 19.6 Å². The molecule has 0 fully saturated rings. The van der Waals surface area contributed by atoms with Crippen molar-refractivity contribution in [2.24, 2.45) is 0 Å². The Hall–Kier alpha value is -1.32. The molecule has 0 bridgehead atoms. The van der Waals surface area contributed by atoms with Gasteiger partial charge in [0.05, 0.1) is 19.6 Å². The molecule has 0 atom stereocenters. The van der Waals surface area contributed by atoms with E-state index in [4.69, 9.17) is 17.2 Å². The van der Waals surface area contributed by atoms with Crippen LogP contribution in [0.5, 0.6) is 0 Å². The van der Waals surface area contributed by atoms with Crippen molar-refractivity contribution in [1.82, 2.24) is 13.7 Å². The fourth-order valence-electron chi connectivity index (χ4n) is 4.90. The van der Waals surface area contributed by atoms with Crippen LogP contribution >= 0.6 is 0 Å². The van der Waals surface area contributed by atoms with Gasteiger partial charge in [-0.2, -0.15) is 0 Å². The van der Waals surface area contributed by atoms with Crippen molar-refractivity contribution in [3.05, 3.63) is 107 Å². The van der Waals surface area contributed by atoms with Crippen molar-refractivity contribution in [3.63, 3.8) is 0 Å². The van der Waals surface area contributed by atoms with Gasteiger partial charge in [0.1, 0.15) is 56.8 Å². The first-order valence-electron chi connectivity index (χ1n) is 12.6. The summed E-state index contributed by atoms with van der Waals surface area (Å²) in [7, 11) is 0. The number of nitrogens with one attached hydrogen (secondary N) is 3. The van der Waals surface area contributed by atoms with E-state index in [2.05, 4.69) is 104 Å². The van der Waals surface area contributed by atoms with Crippen LogP contribution in [-0.2, 0) is 99.6 Å². The molecule has 3 radical (unpaired) electrons. The summed E-state index contributed by atoms with van der Waals surface area (Å²) in [6, 6.07) is 6.90. The second kappa shape index (κ2) is 16.8. The molecule has 4 aromatic rings. The number of imidazole rings is 3. The van der Waals surface area contributed by atoms with E-state index in [1.807, 2.05) is 0 Å². The Kier molecular flexibility index (Phi) is 15.4. The van der Waals surface area contributed by atoms with Crippen LogP contribution in [0.3, 0.4) is 0 Å². The number of aromatic nitrogens is 6. The largest absolute Gasteiger partial charge is 0.674 e. The number of hydrogen-bond donors (Lipinski definition) is 0. The average molecular weight is 1070 g/mol. The summed E-state index contributed by atoms with van der Waals surface area (Å²) in [6.45, 7) is 11.9. The Morgan fingerprint density at radius 1 is 0.513 bits per heavy atom. The Bertz CT molecular complexity index is 1140. The molecule has 39 heavy (non-hydrogen) atoms. The first-order valence-corrected chi connectivity index (χ1v) is 12.6. The van der Waals surface area contributed by atoms with Gasteiger partial charge in [-0.25, -0.2) is 27.4 Å². The quantitative estimate of drug-likeness (QED) is 0.195. The molecule has 0 saturated carbocycles. The van der Waals surface area contributed by atoms with Gasteiger partial charge < -0.3 is 17.2 Å². The third-order valence-electron chi connectivity index (χ3n) is 7.00. The van der Waals surface area contributed by atoms with Crippen LogP contribution in [0.2, 0.25) is 0 Å². The maximum Gasteiger partial charge on any atom is 0.253 e. The molecular weight excluding hydrogens is 1030 g/mol. The molecular formula is C27H39Ir3N9. The summed E-state index contributed by atoms with van der Waals surface area (Å²) in [5.41, 5.74) is 26.5. The second-order valence-electron chi connectivity index (χ2n) is 9.41. The SMILES string of the molecule is Cc1n(CC[NH-])cc[n+]1Cc1cc(C[n+]2ccn(CC[NH-])c2C)cc(C[n+]2ccn(CC[NH-])c2C)c1.[Ir].[Ir].[Ir]. The van der Waals surface area contributed by atoms with Gasteiger partial charge in [0.15, 0.2) is 0 Å². The van der Waals surface area contributed by atoms with Crippen molar-refractivity contribution in [2.45, 2.75) is 60.0 Å². The van der Waals surface area contributed by atoms with Crippen molar-refractivity contribution in [1.29, 1.82) is 0 Å². The minimum Gasteiger partial charge on any atom is -0.674 e. The molecule has 12 heteroatoms. The van der Waals surface area contributed by atoms with Crippen LogP contribution in [0.1, 0.15) is 34.2 Å². The topological polar surface area (TPSA) is 97.8 Å². The molecule has 0 aliphatic carbocycles. The van der Waals surface area contributed by atoms with E-state index in [0.29, 0.717) is 39.3 Å². The number of benzene rings is 1. The molecule has 0 saturated heterocycles. The van der Waals surface area contributed by atoms with E-state index in [9.17, 15) is 0 Å². The van der Waals surface area contributed by atoms with E-state index >= 15 is 0 Å². The number of rotatable bonds is 12. The maximum absolute atomic E-state index is 7.57. The first-order chi connectivity index (χ1) is 17.4. The minimum atomic E-state index is 0. The molecule has 0 amide bonds. The molecule has 4 rings (SSSR count). The van der Waals surface area contributed by atoms with Crippen LogP contribution in [0.25, 0.3) is 17.2 Å². The monoisotopic (exact) mass is 1070 g/mol. The third-order valence-corrected chi connectivity index (χ3v) is 7.00. The van der Waals surface area contributed by atoms with Crippen LogP contribution in [-0.4, -0.2) is 33.3 Å². The standard InChI is InChI=1S/C27H39N9.3Ir/c1-22-31(7-4-28)10-13-34(22)19-25-16-26(20-35-14-11-32(8-5-29)23(35)2)18-27(17-25)21-36-15-12-33(9-6-30)24(36)3;;;/h10-18,28-30H,4-9,19-21H2,1-3H3;;;. The average Bonchev–Trinajstić information content (AvgIpc) is 3.49. The molecule has 0 aliphatic heterocycles. The zero-order valence-electron chi connectivity index (χ0n) is 22.7. The molecule has 1 aromatic carbocycles. The smallest absolute Gasteiger partial charge is 0.253 e. The fourth-order valence-corrected chi connectivity index (χ4v) is 4.90. The van der Waals surface area contributed by atoms with Crippen LogP contribution in [0, 0.1) is 20.8 Å². The predicted molar refractivity (Wildman–Crippen MR) is 139 cm³/mol. The van der Waals surface area contributed by atoms with Gasteiger partial charge in [0, 0.05) is 81.1 Å². The molecule has 0 spiro atoms. The molecule has 219 valence electrons.